The number of amides is 2. The number of carbonyl (C=O) groups is 2. The molecule has 214 valence electrons. The Hall–Kier alpha value is -3.10. The van der Waals surface area contributed by atoms with Crippen LogP contribution in [0.25, 0.3) is 0 Å². The molecule has 0 bridgehead atoms. The van der Waals surface area contributed by atoms with Crippen molar-refractivity contribution in [2.75, 3.05) is 13.1 Å². The predicted octanol–water partition coefficient (Wildman–Crippen LogP) is 5.31. The van der Waals surface area contributed by atoms with Gasteiger partial charge in [0.1, 0.15) is 13.2 Å². The average Bonchev–Trinajstić information content (AvgIpc) is 2.94. The number of carbonyl (C=O) groups excluding carboxylic acids is 2. The van der Waals surface area contributed by atoms with Crippen LogP contribution in [0.3, 0.4) is 0 Å². The molecule has 2 saturated heterocycles. The number of nitrogens with one attached hydrogen (secondary N) is 1. The molecule has 0 aliphatic carbocycles. The fourth-order valence-corrected chi connectivity index (χ4v) is 5.09. The number of likely N-dealkylation sites (tertiary alicyclic amines) is 2. The minimum atomic E-state index is -0.262. The number of rotatable bonds is 6. The maximum Gasteiger partial charge on any atom is 0.410 e. The molecule has 0 unspecified atom stereocenters. The van der Waals surface area contributed by atoms with Crippen LogP contribution in [-0.2, 0) is 22.7 Å². The molecule has 39 heavy (non-hydrogen) atoms. The first kappa shape index (κ1) is 30.4. The average molecular weight is 539 g/mol. The summed E-state index contributed by atoms with van der Waals surface area (Å²) in [5.74, 6) is 0. The molecule has 2 heterocycles. The summed E-state index contributed by atoms with van der Waals surface area (Å²) < 4.78 is 10.8. The van der Waals surface area contributed by atoms with E-state index in [4.69, 9.17) is 15.2 Å². The smallest absolute Gasteiger partial charge is 0.410 e. The van der Waals surface area contributed by atoms with Crippen molar-refractivity contribution in [1.82, 2.24) is 15.1 Å². The fourth-order valence-electron chi connectivity index (χ4n) is 5.09. The summed E-state index contributed by atoms with van der Waals surface area (Å²) in [6.45, 7) is 10.5. The molecule has 3 N–H and O–H groups in total. The first-order valence-electron chi connectivity index (χ1n) is 14.2. The highest BCUT2D eigenvalue weighted by Gasteiger charge is 2.32. The van der Waals surface area contributed by atoms with Crippen LogP contribution in [0, 0.1) is 0 Å². The van der Waals surface area contributed by atoms with Crippen molar-refractivity contribution in [3.8, 4) is 0 Å². The highest BCUT2D eigenvalue weighted by Crippen LogP contribution is 2.20. The van der Waals surface area contributed by atoms with E-state index in [1.54, 1.807) is 4.90 Å². The molecular weight excluding hydrogens is 492 g/mol. The summed E-state index contributed by atoms with van der Waals surface area (Å²) in [5.41, 5.74) is 7.98. The number of nitrogens with two attached hydrogens (primary N) is 1. The van der Waals surface area contributed by atoms with Gasteiger partial charge in [-0.1, -0.05) is 74.5 Å². The van der Waals surface area contributed by atoms with E-state index in [2.05, 4.69) is 26.1 Å². The molecule has 2 aromatic rings. The highest BCUT2D eigenvalue weighted by molar-refractivity contribution is 5.68. The normalized spacial score (nSPS) is 23.0. The minimum Gasteiger partial charge on any atom is -0.445 e. The van der Waals surface area contributed by atoms with Gasteiger partial charge in [0.05, 0.1) is 0 Å². The Morgan fingerprint density at radius 3 is 1.77 bits per heavy atom. The molecule has 2 fully saturated rings. The number of hydrogen-bond acceptors (Lipinski definition) is 6. The lowest BCUT2D eigenvalue weighted by Gasteiger charge is -2.39. The van der Waals surface area contributed by atoms with E-state index in [-0.39, 0.29) is 30.3 Å². The Bertz CT molecular complexity index is 1000. The summed E-state index contributed by atoms with van der Waals surface area (Å²) in [5, 5.41) is 3.54. The third-order valence-electron chi connectivity index (χ3n) is 7.46. The molecule has 8 nitrogen and oxygen atoms in total. The van der Waals surface area contributed by atoms with Gasteiger partial charge in [-0.25, -0.2) is 9.59 Å². The molecular formula is C31H46N4O4. The van der Waals surface area contributed by atoms with Gasteiger partial charge in [0.2, 0.25) is 0 Å². The molecule has 2 aliphatic heterocycles. The second-order valence-electron chi connectivity index (χ2n) is 10.8. The Balaban J connectivity index is 0.000000218. The molecule has 0 spiro atoms. The fraction of sp³-hybridized carbons (Fsp3) is 0.548. The Morgan fingerprint density at radius 1 is 0.821 bits per heavy atom. The molecule has 2 aliphatic rings. The van der Waals surface area contributed by atoms with Gasteiger partial charge < -0.3 is 30.3 Å². The summed E-state index contributed by atoms with van der Waals surface area (Å²) >= 11 is 0. The first-order valence-corrected chi connectivity index (χ1v) is 14.2. The zero-order valence-corrected chi connectivity index (χ0v) is 23.9. The van der Waals surface area contributed by atoms with E-state index in [1.165, 1.54) is 0 Å². The first-order chi connectivity index (χ1) is 18.8. The van der Waals surface area contributed by atoms with Crippen molar-refractivity contribution < 1.29 is 19.1 Å². The van der Waals surface area contributed by atoms with Crippen molar-refractivity contribution >= 4 is 12.2 Å². The summed E-state index contributed by atoms with van der Waals surface area (Å²) in [6.07, 6.45) is 3.59. The molecule has 4 rings (SSSR count). The van der Waals surface area contributed by atoms with Crippen LogP contribution in [0.15, 0.2) is 60.7 Å². The van der Waals surface area contributed by atoms with Crippen molar-refractivity contribution in [1.29, 1.82) is 0 Å². The third kappa shape index (κ3) is 9.55. The number of benzene rings is 2. The maximum absolute atomic E-state index is 12.3. The highest BCUT2D eigenvalue weighted by atomic mass is 16.6. The van der Waals surface area contributed by atoms with Gasteiger partial charge >= 0.3 is 12.2 Å². The van der Waals surface area contributed by atoms with Crippen molar-refractivity contribution in [3.05, 3.63) is 71.8 Å². The summed E-state index contributed by atoms with van der Waals surface area (Å²) in [6, 6.07) is 20.6. The largest absolute Gasteiger partial charge is 0.445 e. The maximum atomic E-state index is 12.3. The van der Waals surface area contributed by atoms with Crippen molar-refractivity contribution in [2.24, 2.45) is 5.73 Å². The Kier molecular flexibility index (Phi) is 12.1. The van der Waals surface area contributed by atoms with Crippen molar-refractivity contribution in [3.63, 3.8) is 0 Å². The van der Waals surface area contributed by atoms with Gasteiger partial charge in [0.15, 0.2) is 0 Å². The lowest BCUT2D eigenvalue weighted by molar-refractivity contribution is 0.0604. The van der Waals surface area contributed by atoms with Crippen LogP contribution in [0.5, 0.6) is 0 Å². The van der Waals surface area contributed by atoms with E-state index in [0.29, 0.717) is 25.3 Å². The summed E-state index contributed by atoms with van der Waals surface area (Å²) in [7, 11) is 0. The predicted molar refractivity (Wildman–Crippen MR) is 154 cm³/mol. The molecule has 8 heteroatoms. The van der Waals surface area contributed by atoms with Gasteiger partial charge in [-0.3, -0.25) is 0 Å². The summed E-state index contributed by atoms with van der Waals surface area (Å²) in [4.78, 5) is 27.9. The Morgan fingerprint density at radius 2 is 1.28 bits per heavy atom. The van der Waals surface area contributed by atoms with E-state index in [0.717, 1.165) is 49.9 Å². The van der Waals surface area contributed by atoms with E-state index in [9.17, 15) is 9.59 Å². The quantitative estimate of drug-likeness (QED) is 0.518. The monoisotopic (exact) mass is 538 g/mol. The molecule has 2 amide bonds. The zero-order valence-electron chi connectivity index (χ0n) is 23.9. The lowest BCUT2D eigenvalue weighted by atomic mass is 9.97. The van der Waals surface area contributed by atoms with Crippen LogP contribution in [0.2, 0.25) is 0 Å². The van der Waals surface area contributed by atoms with Crippen LogP contribution in [0.4, 0.5) is 9.59 Å². The topological polar surface area (TPSA) is 97.1 Å². The minimum absolute atomic E-state index is 0.0574. The second kappa shape index (κ2) is 15.5. The molecule has 2 aromatic carbocycles. The molecule has 0 saturated carbocycles. The number of nitrogens with zero attached hydrogens (tertiary/aromatic N) is 2. The van der Waals surface area contributed by atoms with E-state index < -0.39 is 0 Å². The van der Waals surface area contributed by atoms with Gasteiger partial charge in [0, 0.05) is 43.3 Å². The number of piperidine rings is 2. The van der Waals surface area contributed by atoms with Crippen molar-refractivity contribution in [2.45, 2.75) is 96.8 Å². The third-order valence-corrected chi connectivity index (χ3v) is 7.46. The number of hydrogen-bond donors (Lipinski definition) is 2. The molecule has 0 aromatic heterocycles. The molecule has 4 atom stereocenters. The van der Waals surface area contributed by atoms with Gasteiger partial charge in [-0.2, -0.15) is 0 Å². The van der Waals surface area contributed by atoms with Crippen LogP contribution >= 0.6 is 0 Å². The van der Waals surface area contributed by atoms with E-state index >= 15 is 0 Å². The van der Waals surface area contributed by atoms with Gasteiger partial charge in [0.25, 0.3) is 0 Å². The zero-order chi connectivity index (χ0) is 28.2. The van der Waals surface area contributed by atoms with Crippen LogP contribution in [0.1, 0.15) is 64.5 Å². The van der Waals surface area contributed by atoms with Crippen LogP contribution < -0.4 is 11.1 Å². The SMILES string of the molecule is CC(C)N[C@@H]1CCCN(C(=O)OCc2ccccc2)[C@@H]1C.C[C@@H]1[C@H](N)CCCN1C(=O)OCc1ccccc1. The Labute approximate surface area is 233 Å². The van der Waals surface area contributed by atoms with Gasteiger partial charge in [-0.05, 0) is 50.7 Å². The second-order valence-corrected chi connectivity index (χ2v) is 10.8. The standard InChI is InChI=1S/C17H26N2O2.C14H20N2O2/c1-13(2)18-16-10-7-11-19(14(16)3)17(20)21-12-15-8-5-4-6-9-15;1-11-13(15)8-5-9-16(11)14(17)18-10-12-6-3-2-4-7-12/h4-6,8-9,13-14,16,18H,7,10-12H2,1-3H3;2-4,6-7,11,13H,5,8-10,15H2,1H3/t14-,16-;11-,13-/m11/s1. The van der Waals surface area contributed by atoms with Gasteiger partial charge in [-0.15, -0.1) is 0 Å². The molecule has 0 radical (unpaired) electrons. The van der Waals surface area contributed by atoms with E-state index in [1.807, 2.05) is 72.5 Å². The van der Waals surface area contributed by atoms with Crippen LogP contribution in [-0.4, -0.2) is 65.3 Å². The lowest BCUT2D eigenvalue weighted by Crippen LogP contribution is -2.55. The number of ether oxygens (including phenoxy) is 2.